The summed E-state index contributed by atoms with van der Waals surface area (Å²) in [7, 11) is 5.62. The van der Waals surface area contributed by atoms with E-state index in [1.165, 1.54) is 0 Å². The molecular weight excluding hydrogens is 384 g/mol. The molecule has 0 aliphatic heterocycles. The van der Waals surface area contributed by atoms with Gasteiger partial charge in [0, 0.05) is 50.6 Å². The van der Waals surface area contributed by atoms with Gasteiger partial charge in [0.2, 0.25) is 0 Å². The van der Waals surface area contributed by atoms with Gasteiger partial charge in [0.05, 0.1) is 5.69 Å². The molecule has 0 fully saturated rings. The second-order valence-electron chi connectivity index (χ2n) is 7.18. The molecule has 2 amide bonds. The van der Waals surface area contributed by atoms with E-state index < -0.39 is 12.1 Å². The Bertz CT molecular complexity index is 839. The highest BCUT2D eigenvalue weighted by molar-refractivity contribution is 5.91. The average molecular weight is 415 g/mol. The number of aliphatic carboxylic acids is 1. The number of carboxylic acid groups (broad SMARTS) is 1. The maximum Gasteiger partial charge on any atom is 0.333 e. The Morgan fingerprint density at radius 2 is 1.87 bits per heavy atom. The topological polar surface area (TPSA) is 95.0 Å². The second-order valence-corrected chi connectivity index (χ2v) is 7.18. The van der Waals surface area contributed by atoms with Crippen molar-refractivity contribution in [1.29, 1.82) is 0 Å². The number of carbonyl (C=O) groups is 2. The molecule has 0 radical (unpaired) electrons. The van der Waals surface area contributed by atoms with Gasteiger partial charge < -0.3 is 20.1 Å². The van der Waals surface area contributed by atoms with Crippen LogP contribution in [-0.4, -0.2) is 73.9 Å². The van der Waals surface area contributed by atoms with Crippen molar-refractivity contribution in [1.82, 2.24) is 15.2 Å². The highest BCUT2D eigenvalue weighted by atomic mass is 16.5. The van der Waals surface area contributed by atoms with Crippen molar-refractivity contribution in [3.05, 3.63) is 48.2 Å². The van der Waals surface area contributed by atoms with Crippen LogP contribution in [0.15, 0.2) is 42.6 Å². The van der Waals surface area contributed by atoms with E-state index in [4.69, 9.17) is 4.74 Å². The molecular formula is C22H30N4O4. The van der Waals surface area contributed by atoms with Gasteiger partial charge in [-0.15, -0.1) is 0 Å². The predicted molar refractivity (Wildman–Crippen MR) is 117 cm³/mol. The van der Waals surface area contributed by atoms with E-state index in [-0.39, 0.29) is 6.03 Å². The summed E-state index contributed by atoms with van der Waals surface area (Å²) in [5.41, 5.74) is 3.21. The first-order chi connectivity index (χ1) is 14.3. The summed E-state index contributed by atoms with van der Waals surface area (Å²) < 4.78 is 5.27. The monoisotopic (exact) mass is 414 g/mol. The van der Waals surface area contributed by atoms with Gasteiger partial charge in [-0.05, 0) is 38.7 Å². The summed E-state index contributed by atoms with van der Waals surface area (Å²) in [5.74, 6) is -0.970. The molecule has 0 aliphatic rings. The molecule has 0 bridgehead atoms. The first-order valence-corrected chi connectivity index (χ1v) is 9.87. The van der Waals surface area contributed by atoms with Crippen molar-refractivity contribution in [2.45, 2.75) is 19.4 Å². The first kappa shape index (κ1) is 23.3. The number of carboxylic acids is 1. The van der Waals surface area contributed by atoms with Crippen molar-refractivity contribution in [3.8, 4) is 11.3 Å². The SMILES string of the molecule is CCO[C@@H](Cc1ccc(-c2cc(N(C)C(=O)NCCN(C)C)ccn2)cc1)C(=O)O. The van der Waals surface area contributed by atoms with Gasteiger partial charge in [0.15, 0.2) is 6.10 Å². The zero-order chi connectivity index (χ0) is 22.1. The summed E-state index contributed by atoms with van der Waals surface area (Å²) >= 11 is 0. The summed E-state index contributed by atoms with van der Waals surface area (Å²) in [6.07, 6.45) is 1.10. The van der Waals surface area contributed by atoms with Crippen LogP contribution in [0.5, 0.6) is 0 Å². The van der Waals surface area contributed by atoms with Gasteiger partial charge in [0.1, 0.15) is 0 Å². The Hall–Kier alpha value is -2.97. The lowest BCUT2D eigenvalue weighted by Crippen LogP contribution is -2.40. The molecule has 0 unspecified atom stereocenters. The van der Waals surface area contributed by atoms with Crippen molar-refractivity contribution >= 4 is 17.7 Å². The lowest BCUT2D eigenvalue weighted by atomic mass is 10.0. The number of urea groups is 1. The van der Waals surface area contributed by atoms with Crippen LogP contribution in [0.3, 0.4) is 0 Å². The molecule has 0 aliphatic carbocycles. The van der Waals surface area contributed by atoms with Crippen LogP contribution >= 0.6 is 0 Å². The zero-order valence-electron chi connectivity index (χ0n) is 18.0. The molecule has 0 saturated carbocycles. The Kier molecular flexibility index (Phi) is 8.76. The minimum absolute atomic E-state index is 0.181. The third-order valence-electron chi connectivity index (χ3n) is 4.58. The van der Waals surface area contributed by atoms with E-state index in [0.29, 0.717) is 19.6 Å². The van der Waals surface area contributed by atoms with Crippen LogP contribution in [0.4, 0.5) is 10.5 Å². The van der Waals surface area contributed by atoms with Crippen molar-refractivity contribution in [3.63, 3.8) is 0 Å². The fourth-order valence-electron chi connectivity index (χ4n) is 2.85. The summed E-state index contributed by atoms with van der Waals surface area (Å²) in [5, 5.41) is 12.1. The number of benzene rings is 1. The normalized spacial score (nSPS) is 11.9. The first-order valence-electron chi connectivity index (χ1n) is 9.87. The van der Waals surface area contributed by atoms with E-state index in [0.717, 1.165) is 29.1 Å². The van der Waals surface area contributed by atoms with Crippen molar-refractivity contribution in [2.24, 2.45) is 0 Å². The lowest BCUT2D eigenvalue weighted by Gasteiger charge is -2.19. The number of amides is 2. The number of anilines is 1. The Morgan fingerprint density at radius 1 is 1.17 bits per heavy atom. The molecule has 0 spiro atoms. The van der Waals surface area contributed by atoms with Crippen LogP contribution in [0.2, 0.25) is 0 Å². The Morgan fingerprint density at radius 3 is 2.47 bits per heavy atom. The second kappa shape index (κ2) is 11.3. The number of nitrogens with one attached hydrogen (secondary N) is 1. The quantitative estimate of drug-likeness (QED) is 0.620. The third-order valence-corrected chi connectivity index (χ3v) is 4.58. The molecule has 2 rings (SSSR count). The molecule has 2 N–H and O–H groups in total. The van der Waals surface area contributed by atoms with Crippen molar-refractivity contribution < 1.29 is 19.4 Å². The van der Waals surface area contributed by atoms with E-state index in [1.807, 2.05) is 49.3 Å². The Balaban J connectivity index is 2.08. The Labute approximate surface area is 177 Å². The van der Waals surface area contributed by atoms with E-state index in [2.05, 4.69) is 10.3 Å². The van der Waals surface area contributed by atoms with E-state index in [1.54, 1.807) is 31.1 Å². The largest absolute Gasteiger partial charge is 0.479 e. The number of nitrogens with zero attached hydrogens (tertiary/aromatic N) is 3. The van der Waals surface area contributed by atoms with E-state index >= 15 is 0 Å². The molecule has 1 atom stereocenters. The van der Waals surface area contributed by atoms with E-state index in [9.17, 15) is 14.7 Å². The fourth-order valence-corrected chi connectivity index (χ4v) is 2.85. The third kappa shape index (κ3) is 6.82. The number of rotatable bonds is 10. The summed E-state index contributed by atoms with van der Waals surface area (Å²) in [4.78, 5) is 31.6. The van der Waals surface area contributed by atoms with Gasteiger partial charge in [-0.3, -0.25) is 9.88 Å². The van der Waals surface area contributed by atoms with Crippen LogP contribution < -0.4 is 10.2 Å². The van der Waals surface area contributed by atoms with Crippen LogP contribution in [-0.2, 0) is 16.0 Å². The van der Waals surface area contributed by atoms with Gasteiger partial charge >= 0.3 is 12.0 Å². The standard InChI is InChI=1S/C22H30N4O4/c1-5-30-20(21(27)28)14-16-6-8-17(9-7-16)19-15-18(10-11-23-19)26(4)22(29)24-12-13-25(2)3/h6-11,15,20H,5,12-14H2,1-4H3,(H,24,29)(H,27,28)/t20-/m0/s1. The predicted octanol–water partition coefficient (Wildman–Crippen LogP) is 2.49. The number of pyridine rings is 1. The number of ether oxygens (including phenoxy) is 1. The minimum Gasteiger partial charge on any atom is -0.479 e. The van der Waals surface area contributed by atoms with Crippen LogP contribution in [0.25, 0.3) is 11.3 Å². The smallest absolute Gasteiger partial charge is 0.333 e. The van der Waals surface area contributed by atoms with Gasteiger partial charge in [0.25, 0.3) is 0 Å². The molecule has 1 aromatic carbocycles. The maximum atomic E-state index is 12.3. The zero-order valence-corrected chi connectivity index (χ0v) is 18.0. The van der Waals surface area contributed by atoms with Gasteiger partial charge in [-0.1, -0.05) is 24.3 Å². The molecule has 8 heteroatoms. The lowest BCUT2D eigenvalue weighted by molar-refractivity contribution is -0.149. The summed E-state index contributed by atoms with van der Waals surface area (Å²) in [6.45, 7) is 3.45. The number of aromatic nitrogens is 1. The van der Waals surface area contributed by atoms with Crippen molar-refractivity contribution in [2.75, 3.05) is 45.7 Å². The molecule has 30 heavy (non-hydrogen) atoms. The number of hydrogen-bond donors (Lipinski definition) is 2. The molecule has 8 nitrogen and oxygen atoms in total. The molecule has 1 heterocycles. The fraction of sp³-hybridized carbons (Fsp3) is 0.409. The van der Waals surface area contributed by atoms with Gasteiger partial charge in [-0.25, -0.2) is 9.59 Å². The number of likely N-dealkylation sites (N-methyl/N-ethyl adjacent to an activating group) is 1. The highest BCUT2D eigenvalue weighted by Crippen LogP contribution is 2.23. The molecule has 2 aromatic rings. The molecule has 0 saturated heterocycles. The molecule has 1 aromatic heterocycles. The number of carbonyl (C=O) groups excluding carboxylic acids is 1. The molecule has 162 valence electrons. The highest BCUT2D eigenvalue weighted by Gasteiger charge is 2.18. The van der Waals surface area contributed by atoms with Crippen LogP contribution in [0.1, 0.15) is 12.5 Å². The minimum atomic E-state index is -0.970. The summed E-state index contributed by atoms with van der Waals surface area (Å²) in [6, 6.07) is 11.0. The van der Waals surface area contributed by atoms with Gasteiger partial charge in [-0.2, -0.15) is 0 Å². The maximum absolute atomic E-state index is 12.3. The average Bonchev–Trinajstić information content (AvgIpc) is 2.73. The van der Waals surface area contributed by atoms with Crippen LogP contribution in [0, 0.1) is 0 Å². The number of hydrogen-bond acceptors (Lipinski definition) is 5.